The summed E-state index contributed by atoms with van der Waals surface area (Å²) in [6.07, 6.45) is 4.85. The summed E-state index contributed by atoms with van der Waals surface area (Å²) in [5, 5.41) is 15.0. The van der Waals surface area contributed by atoms with Crippen LogP contribution in [-0.2, 0) is 22.4 Å². The predicted molar refractivity (Wildman–Crippen MR) is 137 cm³/mol. The lowest BCUT2D eigenvalue weighted by Gasteiger charge is -2.25. The van der Waals surface area contributed by atoms with Crippen molar-refractivity contribution in [1.29, 1.82) is 0 Å². The Morgan fingerprint density at radius 2 is 1.81 bits per heavy atom. The molecule has 9 heteroatoms. The molecule has 2 aromatic carbocycles. The van der Waals surface area contributed by atoms with Crippen LogP contribution in [0.4, 0.5) is 16.2 Å². The van der Waals surface area contributed by atoms with E-state index in [1.807, 2.05) is 24.3 Å². The van der Waals surface area contributed by atoms with Gasteiger partial charge >= 0.3 is 12.0 Å². The molecule has 1 fully saturated rings. The van der Waals surface area contributed by atoms with Gasteiger partial charge in [-0.25, -0.2) is 4.79 Å². The Bertz CT molecular complexity index is 1250. The average molecular weight is 490 g/mol. The number of aliphatic imine (C=N–C) groups is 1. The topological polar surface area (TPSA) is 137 Å². The predicted octanol–water partition coefficient (Wildman–Crippen LogP) is 3.06. The minimum atomic E-state index is -1.33. The second-order valence-electron chi connectivity index (χ2n) is 10.1. The number of urea groups is 1. The number of carbonyl (C=O) groups excluding carboxylic acids is 2. The summed E-state index contributed by atoms with van der Waals surface area (Å²) in [6.45, 7) is 0. The van der Waals surface area contributed by atoms with Crippen LogP contribution in [-0.4, -0.2) is 47.5 Å². The molecule has 0 saturated heterocycles. The number of likely N-dealkylation sites (N-methyl/N-ethyl adjacent to an activating group) is 1. The number of fused-ring (bicyclic) bond motifs is 2. The number of para-hydroxylation sites is 1. The highest BCUT2D eigenvalue weighted by Gasteiger charge is 2.40. The van der Waals surface area contributed by atoms with Crippen molar-refractivity contribution < 1.29 is 19.5 Å². The van der Waals surface area contributed by atoms with Crippen LogP contribution in [0.25, 0.3) is 0 Å². The first-order chi connectivity index (χ1) is 17.2. The highest BCUT2D eigenvalue weighted by molar-refractivity contribution is 6.14. The Labute approximate surface area is 209 Å². The molecule has 3 aliphatic rings. The van der Waals surface area contributed by atoms with Gasteiger partial charge in [-0.05, 0) is 42.2 Å². The fourth-order valence-corrected chi connectivity index (χ4v) is 5.57. The SMILES string of the molecule is CN1C(=O)C(NC(=O)Nc2ccc3c(c2)CC(N)(C(=O)O)C3)N=C(C2CCCCC2)c2ccccc21. The lowest BCUT2D eigenvalue weighted by atomic mass is 9.83. The molecule has 0 radical (unpaired) electrons. The monoisotopic (exact) mass is 489 g/mol. The van der Waals surface area contributed by atoms with Crippen LogP contribution < -0.4 is 21.3 Å². The maximum Gasteiger partial charge on any atom is 0.324 e. The van der Waals surface area contributed by atoms with Crippen molar-refractivity contribution in [1.82, 2.24) is 5.32 Å². The Kier molecular flexibility index (Phi) is 6.26. The third kappa shape index (κ3) is 4.46. The Morgan fingerprint density at radius 1 is 1.08 bits per heavy atom. The smallest absolute Gasteiger partial charge is 0.324 e. The maximum absolute atomic E-state index is 13.3. The number of nitrogens with two attached hydrogens (primary N) is 1. The summed E-state index contributed by atoms with van der Waals surface area (Å²) in [7, 11) is 1.70. The third-order valence-corrected chi connectivity index (χ3v) is 7.54. The number of carboxylic acids is 1. The lowest BCUT2D eigenvalue weighted by molar-refractivity contribution is -0.142. The number of nitrogens with one attached hydrogen (secondary N) is 2. The van der Waals surface area contributed by atoms with E-state index < -0.39 is 23.7 Å². The molecule has 188 valence electrons. The van der Waals surface area contributed by atoms with Crippen molar-refractivity contribution >= 4 is 35.0 Å². The van der Waals surface area contributed by atoms with E-state index in [-0.39, 0.29) is 24.7 Å². The highest BCUT2D eigenvalue weighted by atomic mass is 16.4. The third-order valence-electron chi connectivity index (χ3n) is 7.54. The first kappa shape index (κ1) is 24.0. The fourth-order valence-electron chi connectivity index (χ4n) is 5.57. The number of carbonyl (C=O) groups is 3. The van der Waals surface area contributed by atoms with Gasteiger partial charge in [0, 0.05) is 37.1 Å². The standard InChI is InChI=1S/C27H31N5O4/c1-32-21-10-6-5-9-20(21)22(16-7-3-2-4-8-16)30-23(24(32)33)31-26(36)29-19-12-11-17-14-27(28,25(34)35)15-18(17)13-19/h5-6,9-13,16,23H,2-4,7-8,14-15,28H2,1H3,(H,34,35)(H2,29,31,36). The highest BCUT2D eigenvalue weighted by Crippen LogP contribution is 2.34. The van der Waals surface area contributed by atoms with E-state index in [1.54, 1.807) is 30.1 Å². The molecular weight excluding hydrogens is 458 g/mol. The van der Waals surface area contributed by atoms with Crippen LogP contribution in [0.3, 0.4) is 0 Å². The van der Waals surface area contributed by atoms with E-state index in [4.69, 9.17) is 10.7 Å². The van der Waals surface area contributed by atoms with Crippen molar-refractivity contribution in [2.75, 3.05) is 17.3 Å². The molecule has 5 rings (SSSR count). The van der Waals surface area contributed by atoms with Crippen LogP contribution in [0.1, 0.15) is 48.8 Å². The molecule has 0 spiro atoms. The van der Waals surface area contributed by atoms with E-state index >= 15 is 0 Å². The van der Waals surface area contributed by atoms with Crippen LogP contribution in [0.15, 0.2) is 47.5 Å². The van der Waals surface area contributed by atoms with Crippen molar-refractivity contribution in [3.05, 3.63) is 59.2 Å². The number of aliphatic carboxylic acids is 1. The van der Waals surface area contributed by atoms with Crippen molar-refractivity contribution in [2.45, 2.75) is 56.7 Å². The zero-order valence-corrected chi connectivity index (χ0v) is 20.3. The average Bonchev–Trinajstić information content (AvgIpc) is 3.18. The van der Waals surface area contributed by atoms with Gasteiger partial charge < -0.3 is 26.4 Å². The molecule has 1 saturated carbocycles. The lowest BCUT2D eigenvalue weighted by Crippen LogP contribution is -2.48. The Balaban J connectivity index is 1.37. The first-order valence-electron chi connectivity index (χ1n) is 12.4. The number of amides is 3. The number of anilines is 2. The number of benzene rings is 2. The Morgan fingerprint density at radius 3 is 2.56 bits per heavy atom. The summed E-state index contributed by atoms with van der Waals surface area (Å²) in [4.78, 5) is 44.2. The second-order valence-corrected chi connectivity index (χ2v) is 10.1. The number of rotatable bonds is 4. The van der Waals surface area contributed by atoms with Gasteiger partial charge in [0.2, 0.25) is 6.17 Å². The molecule has 2 aromatic rings. The largest absolute Gasteiger partial charge is 0.480 e. The van der Waals surface area contributed by atoms with Gasteiger partial charge in [-0.2, -0.15) is 0 Å². The number of hydrogen-bond acceptors (Lipinski definition) is 5. The van der Waals surface area contributed by atoms with Crippen molar-refractivity contribution in [2.24, 2.45) is 16.6 Å². The normalized spacial score (nSPS) is 23.8. The summed E-state index contributed by atoms with van der Waals surface area (Å²) in [5.41, 5.74) is 9.43. The van der Waals surface area contributed by atoms with Gasteiger partial charge in [-0.15, -0.1) is 0 Å². The summed E-state index contributed by atoms with van der Waals surface area (Å²) < 4.78 is 0. The number of carboxylic acid groups (broad SMARTS) is 1. The first-order valence-corrected chi connectivity index (χ1v) is 12.4. The van der Waals surface area contributed by atoms with Crippen LogP contribution >= 0.6 is 0 Å². The van der Waals surface area contributed by atoms with E-state index in [2.05, 4.69) is 10.6 Å². The molecule has 2 atom stereocenters. The molecule has 1 heterocycles. The van der Waals surface area contributed by atoms with Gasteiger partial charge in [0.1, 0.15) is 5.54 Å². The molecule has 2 aliphatic carbocycles. The van der Waals surface area contributed by atoms with Gasteiger partial charge in [0.05, 0.1) is 11.4 Å². The van der Waals surface area contributed by atoms with Gasteiger partial charge in [-0.1, -0.05) is 43.5 Å². The molecule has 5 N–H and O–H groups in total. The molecule has 2 unspecified atom stereocenters. The molecule has 36 heavy (non-hydrogen) atoms. The van der Waals surface area contributed by atoms with Crippen molar-refractivity contribution in [3.8, 4) is 0 Å². The van der Waals surface area contributed by atoms with Gasteiger partial charge in [0.25, 0.3) is 5.91 Å². The summed E-state index contributed by atoms with van der Waals surface area (Å²) >= 11 is 0. The molecule has 9 nitrogen and oxygen atoms in total. The minimum Gasteiger partial charge on any atom is -0.480 e. The van der Waals surface area contributed by atoms with Gasteiger partial charge in [0.15, 0.2) is 0 Å². The zero-order chi connectivity index (χ0) is 25.4. The van der Waals surface area contributed by atoms with Crippen LogP contribution in [0, 0.1) is 5.92 Å². The molecule has 0 aromatic heterocycles. The quantitative estimate of drug-likeness (QED) is 0.523. The summed E-state index contributed by atoms with van der Waals surface area (Å²) in [5.74, 6) is -1.12. The zero-order valence-electron chi connectivity index (χ0n) is 20.3. The van der Waals surface area contributed by atoms with E-state index in [0.29, 0.717) is 5.69 Å². The Hall–Kier alpha value is -3.72. The molecule has 3 amide bonds. The second kappa shape index (κ2) is 9.39. The summed E-state index contributed by atoms with van der Waals surface area (Å²) in [6, 6.07) is 12.4. The molecule has 1 aliphatic heterocycles. The van der Waals surface area contributed by atoms with E-state index in [9.17, 15) is 19.5 Å². The fraction of sp³-hybridized carbons (Fsp3) is 0.407. The number of nitrogens with zero attached hydrogens (tertiary/aromatic N) is 2. The number of benzodiazepines with no additional fused rings is 1. The van der Waals surface area contributed by atoms with Crippen molar-refractivity contribution in [3.63, 3.8) is 0 Å². The van der Waals surface area contributed by atoms with E-state index in [0.717, 1.165) is 53.8 Å². The maximum atomic E-state index is 13.3. The van der Waals surface area contributed by atoms with E-state index in [1.165, 1.54) is 6.42 Å². The van der Waals surface area contributed by atoms with Gasteiger partial charge in [-0.3, -0.25) is 14.6 Å². The minimum absolute atomic E-state index is 0.189. The number of hydrogen-bond donors (Lipinski definition) is 4. The molecular formula is C27H31N5O4. The van der Waals surface area contributed by atoms with Crippen LogP contribution in [0.5, 0.6) is 0 Å². The van der Waals surface area contributed by atoms with Crippen LogP contribution in [0.2, 0.25) is 0 Å². The molecule has 0 bridgehead atoms.